The molecule has 1 aliphatic rings. The predicted octanol–water partition coefficient (Wildman–Crippen LogP) is 6.60. The Balaban J connectivity index is 1.53. The van der Waals surface area contributed by atoms with Gasteiger partial charge in [0.25, 0.3) is 0 Å². The van der Waals surface area contributed by atoms with Crippen LogP contribution in [0.25, 0.3) is 12.2 Å². The number of hydrogen-bond donors (Lipinski definition) is 0. The summed E-state index contributed by atoms with van der Waals surface area (Å²) in [6.45, 7) is 6.09. The Labute approximate surface area is 178 Å². The van der Waals surface area contributed by atoms with E-state index in [0.29, 0.717) is 29.4 Å². The lowest BCUT2D eigenvalue weighted by Crippen LogP contribution is -2.00. The summed E-state index contributed by atoms with van der Waals surface area (Å²) in [4.78, 5) is 12.8. The molecule has 1 aliphatic heterocycles. The lowest BCUT2D eigenvalue weighted by molar-refractivity contribution is 0.101. The zero-order chi connectivity index (χ0) is 20.4. The first-order valence-electron chi connectivity index (χ1n) is 9.22. The van der Waals surface area contributed by atoms with Crippen molar-refractivity contribution in [3.63, 3.8) is 0 Å². The van der Waals surface area contributed by atoms with E-state index in [4.69, 9.17) is 9.47 Å². The molecule has 0 saturated carbocycles. The van der Waals surface area contributed by atoms with Gasteiger partial charge in [-0.05, 0) is 53.5 Å². The third-order valence-corrected chi connectivity index (χ3v) is 5.26. The Morgan fingerprint density at radius 2 is 1.72 bits per heavy atom. The molecule has 144 valence electrons. The van der Waals surface area contributed by atoms with Crippen molar-refractivity contribution >= 4 is 33.9 Å². The third kappa shape index (κ3) is 4.17. The molecule has 0 spiro atoms. The fourth-order valence-electron chi connectivity index (χ4n) is 3.19. The number of allylic oxidation sites excluding steroid dienone is 1. The van der Waals surface area contributed by atoms with Crippen LogP contribution in [0.15, 0.2) is 77.5 Å². The van der Waals surface area contributed by atoms with E-state index in [0.717, 1.165) is 26.7 Å². The van der Waals surface area contributed by atoms with Crippen molar-refractivity contribution in [2.45, 2.75) is 13.5 Å². The fourth-order valence-corrected chi connectivity index (χ4v) is 3.45. The average molecular weight is 447 g/mol. The van der Waals surface area contributed by atoms with Crippen LogP contribution in [-0.4, -0.2) is 5.78 Å². The van der Waals surface area contributed by atoms with Crippen molar-refractivity contribution in [2.24, 2.45) is 0 Å². The molecular weight excluding hydrogens is 428 g/mol. The summed E-state index contributed by atoms with van der Waals surface area (Å²) in [6, 6.07) is 19.4. The highest BCUT2D eigenvalue weighted by atomic mass is 79.9. The highest BCUT2D eigenvalue weighted by Gasteiger charge is 2.30. The van der Waals surface area contributed by atoms with E-state index in [2.05, 4.69) is 22.5 Å². The van der Waals surface area contributed by atoms with E-state index in [1.807, 2.05) is 67.6 Å². The number of ketones is 1. The number of ether oxygens (including phenoxy) is 2. The number of halogens is 1. The average Bonchev–Trinajstić information content (AvgIpc) is 3.04. The molecule has 0 aromatic heterocycles. The minimum Gasteiger partial charge on any atom is -0.489 e. The minimum atomic E-state index is -0.105. The molecule has 0 bridgehead atoms. The van der Waals surface area contributed by atoms with E-state index in [1.54, 1.807) is 12.1 Å². The van der Waals surface area contributed by atoms with Crippen molar-refractivity contribution in [3.05, 3.63) is 105 Å². The zero-order valence-corrected chi connectivity index (χ0v) is 17.5. The maximum Gasteiger partial charge on any atom is 0.232 e. The summed E-state index contributed by atoms with van der Waals surface area (Å²) in [5.41, 5.74) is 4.46. The number of Topliss-reactive ketones (excluding diaryl/α,β-unsaturated/α-hetero) is 1. The number of rotatable bonds is 5. The molecule has 3 aromatic carbocycles. The number of carbonyl (C=O) groups excluding carboxylic acids is 1. The predicted molar refractivity (Wildman–Crippen MR) is 119 cm³/mol. The second-order valence-electron chi connectivity index (χ2n) is 6.84. The Kier molecular flexibility index (Phi) is 5.36. The maximum absolute atomic E-state index is 12.8. The molecule has 0 fully saturated rings. The molecule has 0 saturated heterocycles. The molecule has 4 rings (SSSR count). The summed E-state index contributed by atoms with van der Waals surface area (Å²) in [7, 11) is 0. The fraction of sp³-hybridized carbons (Fsp3) is 0.0800. The van der Waals surface area contributed by atoms with Crippen molar-refractivity contribution < 1.29 is 14.3 Å². The maximum atomic E-state index is 12.8. The van der Waals surface area contributed by atoms with Gasteiger partial charge < -0.3 is 9.47 Å². The molecule has 0 N–H and O–H groups in total. The van der Waals surface area contributed by atoms with E-state index < -0.39 is 0 Å². The van der Waals surface area contributed by atoms with E-state index in [-0.39, 0.29) is 5.78 Å². The molecule has 0 radical (unpaired) electrons. The van der Waals surface area contributed by atoms with Crippen LogP contribution in [0.4, 0.5) is 0 Å². The van der Waals surface area contributed by atoms with Gasteiger partial charge in [-0.25, -0.2) is 0 Å². The smallest absolute Gasteiger partial charge is 0.232 e. The van der Waals surface area contributed by atoms with Crippen LogP contribution >= 0.6 is 15.9 Å². The van der Waals surface area contributed by atoms with Gasteiger partial charge in [-0.1, -0.05) is 65.0 Å². The molecule has 0 atom stereocenters. The Morgan fingerprint density at radius 1 is 1.03 bits per heavy atom. The van der Waals surface area contributed by atoms with Gasteiger partial charge >= 0.3 is 0 Å². The van der Waals surface area contributed by atoms with E-state index >= 15 is 0 Å². The molecule has 4 heteroatoms. The largest absolute Gasteiger partial charge is 0.489 e. The zero-order valence-electron chi connectivity index (χ0n) is 15.9. The van der Waals surface area contributed by atoms with Crippen LogP contribution in [0.5, 0.6) is 11.5 Å². The first-order chi connectivity index (χ1) is 14.0. The Hall–Kier alpha value is -3.11. The van der Waals surface area contributed by atoms with Crippen molar-refractivity contribution in [3.8, 4) is 11.5 Å². The molecule has 0 amide bonds. The van der Waals surface area contributed by atoms with Crippen LogP contribution in [0.1, 0.15) is 32.6 Å². The summed E-state index contributed by atoms with van der Waals surface area (Å²) in [5.74, 6) is 1.43. The number of carbonyl (C=O) groups is 1. The normalized spacial score (nSPS) is 13.9. The molecular formula is C25H19BrO3. The quantitative estimate of drug-likeness (QED) is 0.414. The highest BCUT2D eigenvalue weighted by molar-refractivity contribution is 9.10. The molecule has 3 aromatic rings. The molecule has 0 aliphatic carbocycles. The molecule has 3 nitrogen and oxygen atoms in total. The summed E-state index contributed by atoms with van der Waals surface area (Å²) in [6.07, 6.45) is 3.57. The van der Waals surface area contributed by atoms with Gasteiger partial charge in [-0.2, -0.15) is 0 Å². The summed E-state index contributed by atoms with van der Waals surface area (Å²) >= 11 is 3.41. The van der Waals surface area contributed by atoms with Gasteiger partial charge in [0.05, 0.1) is 5.56 Å². The van der Waals surface area contributed by atoms with E-state index in [1.165, 1.54) is 0 Å². The molecule has 29 heavy (non-hydrogen) atoms. The third-order valence-electron chi connectivity index (χ3n) is 4.73. The first kappa shape index (κ1) is 19.2. The topological polar surface area (TPSA) is 35.5 Å². The lowest BCUT2D eigenvalue weighted by atomic mass is 10.0. The van der Waals surface area contributed by atoms with Gasteiger partial charge in [-0.3, -0.25) is 4.79 Å². The summed E-state index contributed by atoms with van der Waals surface area (Å²) < 4.78 is 12.8. The molecule has 0 unspecified atom stereocenters. The number of benzene rings is 3. The minimum absolute atomic E-state index is 0.105. The van der Waals surface area contributed by atoms with Crippen LogP contribution < -0.4 is 9.47 Å². The SMILES string of the molecule is C=Cc1ccc(COc2cc(C)c3c(c2)O/C(=C\c2ccc(Br)cc2)C3=O)cc1. The Morgan fingerprint density at radius 3 is 2.41 bits per heavy atom. The van der Waals surface area contributed by atoms with Gasteiger partial charge in [0.2, 0.25) is 5.78 Å². The first-order valence-corrected chi connectivity index (χ1v) is 10.0. The van der Waals surface area contributed by atoms with Gasteiger partial charge in [-0.15, -0.1) is 0 Å². The highest BCUT2D eigenvalue weighted by Crippen LogP contribution is 2.37. The lowest BCUT2D eigenvalue weighted by Gasteiger charge is -2.09. The number of aryl methyl sites for hydroxylation is 1. The Bertz CT molecular complexity index is 1110. The standard InChI is InChI=1S/C25H19BrO3/c1-3-17-4-6-19(7-5-17)15-28-21-12-16(2)24-22(14-21)29-23(25(24)27)13-18-8-10-20(26)11-9-18/h3-14H,1,15H2,2H3/b23-13-. The van der Waals surface area contributed by atoms with Crippen molar-refractivity contribution in [1.29, 1.82) is 0 Å². The second kappa shape index (κ2) is 8.10. The van der Waals surface area contributed by atoms with Crippen LogP contribution in [0.2, 0.25) is 0 Å². The van der Waals surface area contributed by atoms with Gasteiger partial charge in [0.15, 0.2) is 5.76 Å². The number of fused-ring (bicyclic) bond motifs is 1. The van der Waals surface area contributed by atoms with Gasteiger partial charge in [0.1, 0.15) is 18.1 Å². The van der Waals surface area contributed by atoms with E-state index in [9.17, 15) is 4.79 Å². The summed E-state index contributed by atoms with van der Waals surface area (Å²) in [5, 5.41) is 0. The van der Waals surface area contributed by atoms with Crippen LogP contribution in [0.3, 0.4) is 0 Å². The van der Waals surface area contributed by atoms with Gasteiger partial charge in [0, 0.05) is 10.5 Å². The van der Waals surface area contributed by atoms with Crippen molar-refractivity contribution in [1.82, 2.24) is 0 Å². The number of hydrogen-bond acceptors (Lipinski definition) is 3. The van der Waals surface area contributed by atoms with Crippen molar-refractivity contribution in [2.75, 3.05) is 0 Å². The monoisotopic (exact) mass is 446 g/mol. The van der Waals surface area contributed by atoms with Crippen LogP contribution in [-0.2, 0) is 6.61 Å². The van der Waals surface area contributed by atoms with Crippen LogP contribution in [0, 0.1) is 6.92 Å². The second-order valence-corrected chi connectivity index (χ2v) is 7.75. The molecule has 1 heterocycles.